The van der Waals surface area contributed by atoms with Gasteiger partial charge in [0.2, 0.25) is 0 Å². The molecule has 0 saturated carbocycles. The minimum Gasteiger partial charge on any atom is -0.493 e. The van der Waals surface area contributed by atoms with Gasteiger partial charge in [0.15, 0.2) is 34.1 Å². The smallest absolute Gasteiger partial charge is 0.167 e. The summed E-state index contributed by atoms with van der Waals surface area (Å²) < 4.78 is 49.9. The summed E-state index contributed by atoms with van der Waals surface area (Å²) >= 11 is 1.52. The highest BCUT2D eigenvalue weighted by Crippen LogP contribution is 2.38. The molecule has 2 aromatic heterocycles. The van der Waals surface area contributed by atoms with Crippen LogP contribution < -0.4 is 18.9 Å². The Morgan fingerprint density at radius 1 is 1.07 bits per heavy atom. The Hall–Kier alpha value is -3.73. The van der Waals surface area contributed by atoms with E-state index in [9.17, 15) is 4.21 Å². The molecule has 7 nitrogen and oxygen atoms in total. The molecule has 0 amide bonds. The molecule has 3 heterocycles. The maximum Gasteiger partial charge on any atom is 0.167 e. The van der Waals surface area contributed by atoms with Gasteiger partial charge in [-0.05, 0) is 62.1 Å². The van der Waals surface area contributed by atoms with Crippen LogP contribution in [-0.4, -0.2) is 47.4 Å². The maximum atomic E-state index is 15.2. The first-order chi connectivity index (χ1) is 21.0. The molecule has 1 aliphatic rings. The van der Waals surface area contributed by atoms with E-state index in [0.29, 0.717) is 45.3 Å². The van der Waals surface area contributed by atoms with Crippen molar-refractivity contribution in [2.45, 2.75) is 31.1 Å². The van der Waals surface area contributed by atoms with E-state index >= 15 is 4.39 Å². The van der Waals surface area contributed by atoms with Crippen LogP contribution in [-0.2, 0) is 11.0 Å². The van der Waals surface area contributed by atoms with Crippen molar-refractivity contribution in [2.75, 3.05) is 38.1 Å². The second-order valence-corrected chi connectivity index (χ2v) is 12.9. The van der Waals surface area contributed by atoms with Crippen LogP contribution in [0.2, 0.25) is 0 Å². The Labute approximate surface area is 257 Å². The average molecular weight is 620 g/mol. The van der Waals surface area contributed by atoms with Crippen molar-refractivity contribution in [1.82, 2.24) is 9.88 Å². The highest BCUT2D eigenvalue weighted by Gasteiger charge is 2.17. The number of fused-ring (bicyclic) bond motifs is 2. The molecule has 1 N–H and O–H groups in total. The van der Waals surface area contributed by atoms with Crippen molar-refractivity contribution in [2.24, 2.45) is 5.92 Å². The summed E-state index contributed by atoms with van der Waals surface area (Å²) in [5.74, 6) is 1.80. The Morgan fingerprint density at radius 2 is 1.95 bits per heavy atom. The molecule has 43 heavy (non-hydrogen) atoms. The average Bonchev–Trinajstić information content (AvgIpc) is 3.45. The normalized spacial score (nSPS) is 16.3. The van der Waals surface area contributed by atoms with Crippen molar-refractivity contribution in [3.05, 3.63) is 78.1 Å². The Morgan fingerprint density at radius 3 is 2.79 bits per heavy atom. The summed E-state index contributed by atoms with van der Waals surface area (Å²) in [7, 11) is 0.0463. The maximum absolute atomic E-state index is 15.2. The van der Waals surface area contributed by atoms with Crippen molar-refractivity contribution >= 4 is 49.0 Å². The molecule has 1 fully saturated rings. The van der Waals surface area contributed by atoms with Gasteiger partial charge in [-0.25, -0.2) is 8.60 Å². The van der Waals surface area contributed by atoms with Crippen LogP contribution in [0.3, 0.4) is 0 Å². The zero-order valence-electron chi connectivity index (χ0n) is 24.2. The summed E-state index contributed by atoms with van der Waals surface area (Å²) in [6, 6.07) is 17.5. The fourth-order valence-electron chi connectivity index (χ4n) is 5.47. The molecule has 1 saturated heterocycles. The lowest BCUT2D eigenvalue weighted by molar-refractivity contribution is 0.169. The Balaban J connectivity index is 1.13. The molecule has 0 spiro atoms. The van der Waals surface area contributed by atoms with Crippen LogP contribution in [0, 0.1) is 11.7 Å². The van der Waals surface area contributed by atoms with Crippen molar-refractivity contribution in [1.29, 1.82) is 0 Å². The van der Waals surface area contributed by atoms with E-state index in [4.69, 9.17) is 14.2 Å². The SMILES string of the molecule is COc1cc2c(Oc3ccc(NS(=O)c4csc5ccccc45)cc3F)ccnc2cc1OCCCN1CCCC(C)C1. The van der Waals surface area contributed by atoms with Gasteiger partial charge >= 0.3 is 0 Å². The molecule has 3 aromatic carbocycles. The molecule has 5 aromatic rings. The summed E-state index contributed by atoms with van der Waals surface area (Å²) in [6.45, 7) is 6.20. The van der Waals surface area contributed by atoms with Gasteiger partial charge in [-0.15, -0.1) is 11.3 Å². The second-order valence-electron chi connectivity index (χ2n) is 10.8. The molecule has 0 aliphatic carbocycles. The van der Waals surface area contributed by atoms with Crippen LogP contribution >= 0.6 is 11.3 Å². The number of pyridine rings is 1. The number of nitrogens with one attached hydrogen (secondary N) is 1. The number of benzene rings is 3. The first-order valence-electron chi connectivity index (χ1n) is 14.4. The zero-order valence-corrected chi connectivity index (χ0v) is 25.8. The van der Waals surface area contributed by atoms with E-state index in [1.807, 2.05) is 41.8 Å². The third kappa shape index (κ3) is 6.76. The summed E-state index contributed by atoms with van der Waals surface area (Å²) in [4.78, 5) is 7.66. The molecular formula is C33H34FN3O4S2. The number of hydrogen-bond donors (Lipinski definition) is 1. The zero-order chi connectivity index (χ0) is 29.8. The van der Waals surface area contributed by atoms with Crippen molar-refractivity contribution < 1.29 is 22.8 Å². The lowest BCUT2D eigenvalue weighted by Crippen LogP contribution is -2.35. The fourth-order valence-corrected chi connectivity index (χ4v) is 7.68. The quantitative estimate of drug-likeness (QED) is 0.151. The van der Waals surface area contributed by atoms with Gasteiger partial charge in [0, 0.05) is 58.0 Å². The number of rotatable bonds is 11. The number of ether oxygens (including phenoxy) is 3. The van der Waals surface area contributed by atoms with Crippen molar-refractivity contribution in [3.8, 4) is 23.0 Å². The highest BCUT2D eigenvalue weighted by atomic mass is 32.2. The van der Waals surface area contributed by atoms with Crippen LogP contribution in [0.15, 0.2) is 77.1 Å². The van der Waals surface area contributed by atoms with Gasteiger partial charge in [-0.2, -0.15) is 0 Å². The first-order valence-corrected chi connectivity index (χ1v) is 16.5. The molecule has 1 aliphatic heterocycles. The summed E-state index contributed by atoms with van der Waals surface area (Å²) in [6.07, 6.45) is 5.11. The van der Waals surface area contributed by atoms with Gasteiger partial charge in [-0.1, -0.05) is 25.1 Å². The summed E-state index contributed by atoms with van der Waals surface area (Å²) in [5, 5.41) is 3.44. The molecule has 2 atom stereocenters. The standard InChI is InChI=1S/C33H34FN3O4S2/c1-22-7-5-14-37(20-22)15-6-16-40-31-19-27-25(18-30(31)39-2)28(12-13-35-27)41-29-11-10-23(17-26(29)34)36-43(38)33-21-42-32-9-4-3-8-24(32)33/h3-4,8-13,17-19,21-22,36H,5-7,14-16,20H2,1-2H3. The molecule has 0 radical (unpaired) electrons. The number of halogens is 1. The predicted molar refractivity (Wildman–Crippen MR) is 172 cm³/mol. The summed E-state index contributed by atoms with van der Waals surface area (Å²) in [5.41, 5.74) is 1.03. The number of piperidine rings is 1. The van der Waals surface area contributed by atoms with Gasteiger partial charge in [-0.3, -0.25) is 4.98 Å². The second kappa shape index (κ2) is 13.3. The van der Waals surface area contributed by atoms with Gasteiger partial charge in [0.25, 0.3) is 0 Å². The number of anilines is 1. The van der Waals surface area contributed by atoms with Gasteiger partial charge in [0.05, 0.1) is 24.1 Å². The number of aromatic nitrogens is 1. The fraction of sp³-hybridized carbons (Fsp3) is 0.303. The van der Waals surface area contributed by atoms with Gasteiger partial charge in [0.1, 0.15) is 5.75 Å². The number of likely N-dealkylation sites (tertiary alicyclic amines) is 1. The molecule has 224 valence electrons. The minimum absolute atomic E-state index is 0.0381. The van der Waals surface area contributed by atoms with E-state index in [1.165, 1.54) is 36.3 Å². The lowest BCUT2D eigenvalue weighted by atomic mass is 10.0. The third-order valence-corrected chi connectivity index (χ3v) is 9.88. The minimum atomic E-state index is -1.55. The van der Waals surface area contributed by atoms with E-state index in [2.05, 4.69) is 21.5 Å². The largest absolute Gasteiger partial charge is 0.493 e. The van der Waals surface area contributed by atoms with E-state index in [0.717, 1.165) is 42.1 Å². The van der Waals surface area contributed by atoms with Crippen LogP contribution in [0.1, 0.15) is 26.2 Å². The first kappa shape index (κ1) is 29.3. The topological polar surface area (TPSA) is 72.9 Å². The number of nitrogens with zero attached hydrogens (tertiary/aromatic N) is 2. The molecule has 10 heteroatoms. The molecule has 0 bridgehead atoms. The number of thiophene rings is 1. The van der Waals surface area contributed by atoms with E-state index in [-0.39, 0.29) is 5.75 Å². The third-order valence-electron chi connectivity index (χ3n) is 7.61. The molecule has 6 rings (SSSR count). The highest BCUT2D eigenvalue weighted by molar-refractivity contribution is 7.86. The Bertz CT molecular complexity index is 1760. The van der Waals surface area contributed by atoms with Crippen LogP contribution in [0.4, 0.5) is 10.1 Å². The Kier molecular flexibility index (Phi) is 9.06. The van der Waals surface area contributed by atoms with E-state index in [1.54, 1.807) is 25.4 Å². The van der Waals surface area contributed by atoms with Crippen LogP contribution in [0.25, 0.3) is 21.0 Å². The van der Waals surface area contributed by atoms with Gasteiger partial charge < -0.3 is 23.8 Å². The van der Waals surface area contributed by atoms with E-state index < -0.39 is 16.8 Å². The predicted octanol–water partition coefficient (Wildman–Crippen LogP) is 8.03. The number of hydrogen-bond acceptors (Lipinski definition) is 7. The van der Waals surface area contributed by atoms with Crippen LogP contribution in [0.5, 0.6) is 23.0 Å². The van der Waals surface area contributed by atoms with Crippen molar-refractivity contribution in [3.63, 3.8) is 0 Å². The monoisotopic (exact) mass is 619 g/mol. The molecule has 2 unspecified atom stereocenters. The lowest BCUT2D eigenvalue weighted by Gasteiger charge is -2.30. The number of methoxy groups -OCH3 is 1. The molecular weight excluding hydrogens is 586 g/mol.